The zero-order valence-electron chi connectivity index (χ0n) is 17.0. The van der Waals surface area contributed by atoms with Crippen LogP contribution in [0.1, 0.15) is 54.3 Å². The summed E-state index contributed by atoms with van der Waals surface area (Å²) in [6, 6.07) is 7.57. The smallest absolute Gasteiger partial charge is 0.254 e. The number of hydrogen-bond donors (Lipinski definition) is 1. The van der Waals surface area contributed by atoms with Crippen LogP contribution in [0.2, 0.25) is 0 Å². The Labute approximate surface area is 179 Å². The number of carbonyl (C=O) groups is 1. The number of amides is 1. The Morgan fingerprint density at radius 3 is 2.66 bits per heavy atom. The van der Waals surface area contributed by atoms with Crippen LogP contribution in [0, 0.1) is 5.92 Å². The molecule has 4 rings (SSSR count). The van der Waals surface area contributed by atoms with Crippen molar-refractivity contribution in [1.29, 1.82) is 0 Å². The highest BCUT2D eigenvalue weighted by atomic mass is 35.5. The fourth-order valence-corrected chi connectivity index (χ4v) is 4.30. The van der Waals surface area contributed by atoms with Crippen LogP contribution < -0.4 is 10.1 Å². The first-order chi connectivity index (χ1) is 13.7. The summed E-state index contributed by atoms with van der Waals surface area (Å²) in [4.78, 5) is 19.5. The molecule has 1 unspecified atom stereocenters. The van der Waals surface area contributed by atoms with Crippen LogP contribution in [0.15, 0.2) is 36.7 Å². The molecular formula is C22H31ClN4O2. The lowest BCUT2D eigenvalue weighted by atomic mass is 9.90. The molecular weight excluding hydrogens is 388 g/mol. The first kappa shape index (κ1) is 21.7. The fourth-order valence-electron chi connectivity index (χ4n) is 4.30. The van der Waals surface area contributed by atoms with Gasteiger partial charge in [0, 0.05) is 44.6 Å². The van der Waals surface area contributed by atoms with Crippen LogP contribution in [-0.4, -0.2) is 46.6 Å². The van der Waals surface area contributed by atoms with Gasteiger partial charge in [0.15, 0.2) is 0 Å². The maximum atomic E-state index is 13.2. The largest absolute Gasteiger partial charge is 0.493 e. The molecule has 0 radical (unpaired) electrons. The number of benzene rings is 1. The molecule has 1 aliphatic carbocycles. The Hall–Kier alpha value is -2.05. The van der Waals surface area contributed by atoms with Crippen LogP contribution in [0.3, 0.4) is 0 Å². The van der Waals surface area contributed by atoms with Gasteiger partial charge in [-0.2, -0.15) is 0 Å². The van der Waals surface area contributed by atoms with Gasteiger partial charge in [-0.3, -0.25) is 4.79 Å². The van der Waals surface area contributed by atoms with Gasteiger partial charge >= 0.3 is 0 Å². The molecule has 29 heavy (non-hydrogen) atoms. The van der Waals surface area contributed by atoms with Gasteiger partial charge in [-0.25, -0.2) is 4.98 Å². The van der Waals surface area contributed by atoms with Crippen LogP contribution in [0.5, 0.6) is 5.75 Å². The van der Waals surface area contributed by atoms with E-state index in [-0.39, 0.29) is 24.4 Å². The summed E-state index contributed by atoms with van der Waals surface area (Å²) in [7, 11) is 1.97. The molecule has 2 fully saturated rings. The molecule has 1 atom stereocenters. The Bertz CT molecular complexity index is 786. The van der Waals surface area contributed by atoms with Gasteiger partial charge < -0.3 is 19.5 Å². The van der Waals surface area contributed by atoms with Crippen LogP contribution in [0.25, 0.3) is 0 Å². The van der Waals surface area contributed by atoms with Crippen molar-refractivity contribution in [3.8, 4) is 5.75 Å². The standard InChI is InChI=1S/C22H30N4O2.ClH/c1-25-13-12-24-21(25)20-15-23-11-14-26(20)22(27)18-7-9-19(10-8-18)28-16-17-5-3-2-4-6-17;/h7-10,12-13,17,20,23H,2-6,11,14-16H2,1H3;1H. The van der Waals surface area contributed by atoms with Gasteiger partial charge in [0.1, 0.15) is 17.6 Å². The monoisotopic (exact) mass is 418 g/mol. The summed E-state index contributed by atoms with van der Waals surface area (Å²) < 4.78 is 7.96. The van der Waals surface area contributed by atoms with Crippen molar-refractivity contribution in [2.75, 3.05) is 26.2 Å². The van der Waals surface area contributed by atoms with Crippen LogP contribution >= 0.6 is 12.4 Å². The number of ether oxygens (including phenoxy) is 1. The molecule has 1 aromatic heterocycles. The molecule has 158 valence electrons. The second kappa shape index (κ2) is 10.1. The Morgan fingerprint density at radius 2 is 1.97 bits per heavy atom. The SMILES string of the molecule is Cl.Cn1ccnc1C1CNCCN1C(=O)c1ccc(OCC2CCCCC2)cc1. The van der Waals surface area contributed by atoms with E-state index in [0.717, 1.165) is 31.3 Å². The minimum Gasteiger partial charge on any atom is -0.493 e. The number of halogens is 1. The Kier molecular flexibility index (Phi) is 7.56. The van der Waals surface area contributed by atoms with E-state index in [0.29, 0.717) is 18.0 Å². The van der Waals surface area contributed by atoms with Crippen molar-refractivity contribution in [3.05, 3.63) is 48.0 Å². The molecule has 1 saturated heterocycles. The lowest BCUT2D eigenvalue weighted by Gasteiger charge is -2.35. The van der Waals surface area contributed by atoms with E-state index >= 15 is 0 Å². The zero-order valence-corrected chi connectivity index (χ0v) is 17.9. The number of imidazole rings is 1. The average Bonchev–Trinajstić information content (AvgIpc) is 3.18. The summed E-state index contributed by atoms with van der Waals surface area (Å²) in [6.45, 7) is 2.98. The van der Waals surface area contributed by atoms with E-state index in [1.807, 2.05) is 47.0 Å². The lowest BCUT2D eigenvalue weighted by Crippen LogP contribution is -2.49. The third-order valence-corrected chi connectivity index (χ3v) is 5.97. The zero-order chi connectivity index (χ0) is 19.3. The number of carbonyl (C=O) groups excluding carboxylic acids is 1. The van der Waals surface area contributed by atoms with Crippen molar-refractivity contribution in [1.82, 2.24) is 19.8 Å². The van der Waals surface area contributed by atoms with E-state index in [2.05, 4.69) is 10.3 Å². The third kappa shape index (κ3) is 5.11. The van der Waals surface area contributed by atoms with Crippen LogP contribution in [-0.2, 0) is 7.05 Å². The first-order valence-electron chi connectivity index (χ1n) is 10.4. The molecule has 1 aliphatic heterocycles. The quantitative estimate of drug-likeness (QED) is 0.806. The van der Waals surface area contributed by atoms with Crippen LogP contribution in [0.4, 0.5) is 0 Å². The number of hydrogen-bond acceptors (Lipinski definition) is 4. The number of piperazine rings is 1. The number of aromatic nitrogens is 2. The highest BCUT2D eigenvalue weighted by Gasteiger charge is 2.31. The van der Waals surface area contributed by atoms with Gasteiger partial charge in [0.25, 0.3) is 5.91 Å². The van der Waals surface area contributed by atoms with Crippen molar-refractivity contribution >= 4 is 18.3 Å². The summed E-state index contributed by atoms with van der Waals surface area (Å²) in [5.74, 6) is 2.49. The topological polar surface area (TPSA) is 59.4 Å². The van der Waals surface area contributed by atoms with E-state index < -0.39 is 0 Å². The number of nitrogens with one attached hydrogen (secondary N) is 1. The fraction of sp³-hybridized carbons (Fsp3) is 0.545. The summed E-state index contributed by atoms with van der Waals surface area (Å²) in [6.07, 6.45) is 10.3. The molecule has 0 bridgehead atoms. The Balaban J connectivity index is 0.00000240. The molecule has 2 aromatic rings. The number of rotatable bonds is 5. The van der Waals surface area contributed by atoms with Gasteiger partial charge in [0.2, 0.25) is 0 Å². The predicted octanol–water partition coefficient (Wildman–Crippen LogP) is 3.59. The summed E-state index contributed by atoms with van der Waals surface area (Å²) >= 11 is 0. The highest BCUT2D eigenvalue weighted by molar-refractivity contribution is 5.94. The average molecular weight is 419 g/mol. The van der Waals surface area contributed by atoms with E-state index in [4.69, 9.17) is 4.74 Å². The van der Waals surface area contributed by atoms with E-state index in [1.54, 1.807) is 6.20 Å². The molecule has 1 aromatic carbocycles. The van der Waals surface area contributed by atoms with Crippen molar-refractivity contribution in [2.24, 2.45) is 13.0 Å². The van der Waals surface area contributed by atoms with Crippen molar-refractivity contribution in [3.63, 3.8) is 0 Å². The molecule has 2 heterocycles. The van der Waals surface area contributed by atoms with E-state index in [9.17, 15) is 4.79 Å². The van der Waals surface area contributed by atoms with E-state index in [1.165, 1.54) is 32.1 Å². The molecule has 0 spiro atoms. The second-order valence-corrected chi connectivity index (χ2v) is 7.95. The summed E-state index contributed by atoms with van der Waals surface area (Å²) in [5.41, 5.74) is 0.700. The minimum atomic E-state index is -0.0523. The molecule has 1 amide bonds. The van der Waals surface area contributed by atoms with Gasteiger partial charge in [-0.05, 0) is 43.0 Å². The maximum Gasteiger partial charge on any atom is 0.254 e. The molecule has 6 nitrogen and oxygen atoms in total. The molecule has 7 heteroatoms. The number of nitrogens with zero attached hydrogens (tertiary/aromatic N) is 3. The van der Waals surface area contributed by atoms with Crippen molar-refractivity contribution < 1.29 is 9.53 Å². The molecule has 1 saturated carbocycles. The van der Waals surface area contributed by atoms with Gasteiger partial charge in [-0.15, -0.1) is 12.4 Å². The highest BCUT2D eigenvalue weighted by Crippen LogP contribution is 2.26. The predicted molar refractivity (Wildman–Crippen MR) is 116 cm³/mol. The van der Waals surface area contributed by atoms with Gasteiger partial charge in [-0.1, -0.05) is 19.3 Å². The third-order valence-electron chi connectivity index (χ3n) is 5.97. The minimum absolute atomic E-state index is 0. The molecule has 1 N–H and O–H groups in total. The normalized spacial score (nSPS) is 20.2. The lowest BCUT2D eigenvalue weighted by molar-refractivity contribution is 0.0621. The summed E-state index contributed by atoms with van der Waals surface area (Å²) in [5, 5.41) is 3.38. The second-order valence-electron chi connectivity index (χ2n) is 7.95. The van der Waals surface area contributed by atoms with Crippen molar-refractivity contribution in [2.45, 2.75) is 38.1 Å². The number of aryl methyl sites for hydroxylation is 1. The maximum absolute atomic E-state index is 13.2. The first-order valence-corrected chi connectivity index (χ1v) is 10.4. The van der Waals surface area contributed by atoms with Gasteiger partial charge in [0.05, 0.1) is 6.61 Å². The Morgan fingerprint density at radius 1 is 1.21 bits per heavy atom. The molecule has 2 aliphatic rings.